The number of hydrogen-bond donors (Lipinski definition) is 1. The number of amides is 1. The summed E-state index contributed by atoms with van der Waals surface area (Å²) in [6.45, 7) is 5.46. The number of aliphatic hydroxyl groups excluding tert-OH is 1. The molecular weight excluding hydrogens is 479 g/mol. The van der Waals surface area contributed by atoms with E-state index in [1.54, 1.807) is 43.5 Å². The maximum Gasteiger partial charge on any atom is 0.295 e. The van der Waals surface area contributed by atoms with Crippen molar-refractivity contribution in [3.05, 3.63) is 68.7 Å². The Kier molecular flexibility index (Phi) is 7.48. The van der Waals surface area contributed by atoms with Crippen LogP contribution in [0.4, 0.5) is 0 Å². The fourth-order valence-electron chi connectivity index (χ4n) is 4.41. The molecule has 34 heavy (non-hydrogen) atoms. The lowest BCUT2D eigenvalue weighted by Crippen LogP contribution is -2.42. The maximum atomic E-state index is 13.2. The van der Waals surface area contributed by atoms with Crippen molar-refractivity contribution in [1.82, 2.24) is 9.80 Å². The second-order valence-electron chi connectivity index (χ2n) is 8.30. The van der Waals surface area contributed by atoms with Crippen molar-refractivity contribution in [2.75, 3.05) is 46.5 Å². The highest BCUT2D eigenvalue weighted by atomic mass is 35.5. The fourth-order valence-corrected chi connectivity index (χ4v) is 4.92. The van der Waals surface area contributed by atoms with Gasteiger partial charge in [-0.15, -0.1) is 0 Å². The van der Waals surface area contributed by atoms with Crippen LogP contribution in [0.25, 0.3) is 5.76 Å². The molecule has 2 saturated heterocycles. The van der Waals surface area contributed by atoms with Crippen LogP contribution in [0.3, 0.4) is 0 Å². The highest BCUT2D eigenvalue weighted by Crippen LogP contribution is 2.42. The van der Waals surface area contributed by atoms with Gasteiger partial charge in [-0.3, -0.25) is 14.5 Å². The van der Waals surface area contributed by atoms with Gasteiger partial charge < -0.3 is 19.5 Å². The number of aliphatic hydroxyl groups is 1. The Morgan fingerprint density at radius 1 is 1.12 bits per heavy atom. The third-order valence-electron chi connectivity index (χ3n) is 6.23. The standard InChI is InChI=1S/C25H26Cl2N2O5/c1-15-13-16(3-6-20(15)33-2)23(30)21-22(18-5-4-17(26)14-19(18)27)29(25(32)24(21)31)8-7-28-9-11-34-12-10-28/h3-6,13-14,22,30H,7-12H2,1-2H3/b23-21+/t22-/m1/s1. The molecule has 0 saturated carbocycles. The molecule has 2 heterocycles. The quantitative estimate of drug-likeness (QED) is 0.363. The molecule has 1 amide bonds. The minimum Gasteiger partial charge on any atom is -0.507 e. The first-order valence-electron chi connectivity index (χ1n) is 11.0. The Morgan fingerprint density at radius 3 is 2.50 bits per heavy atom. The number of ether oxygens (including phenoxy) is 2. The number of benzene rings is 2. The zero-order chi connectivity index (χ0) is 24.4. The Bertz CT molecular complexity index is 1140. The smallest absolute Gasteiger partial charge is 0.295 e. The summed E-state index contributed by atoms with van der Waals surface area (Å²) in [5, 5.41) is 12.0. The van der Waals surface area contributed by atoms with E-state index in [1.165, 1.54) is 4.90 Å². The number of likely N-dealkylation sites (tertiary alicyclic amines) is 1. The molecular formula is C25H26Cl2N2O5. The van der Waals surface area contributed by atoms with Gasteiger partial charge in [0.15, 0.2) is 0 Å². The lowest BCUT2D eigenvalue weighted by molar-refractivity contribution is -0.140. The molecule has 0 aromatic heterocycles. The van der Waals surface area contributed by atoms with Crippen LogP contribution in [0.15, 0.2) is 42.0 Å². The minimum atomic E-state index is -0.840. The van der Waals surface area contributed by atoms with E-state index in [-0.39, 0.29) is 11.3 Å². The molecule has 0 unspecified atom stereocenters. The molecule has 1 atom stereocenters. The van der Waals surface area contributed by atoms with Gasteiger partial charge in [-0.2, -0.15) is 0 Å². The van der Waals surface area contributed by atoms with Gasteiger partial charge in [0, 0.05) is 41.8 Å². The van der Waals surface area contributed by atoms with Gasteiger partial charge in [0.2, 0.25) is 0 Å². The second kappa shape index (κ2) is 10.4. The number of methoxy groups -OCH3 is 1. The van der Waals surface area contributed by atoms with Crippen LogP contribution in [0.1, 0.15) is 22.7 Å². The number of carbonyl (C=O) groups is 2. The second-order valence-corrected chi connectivity index (χ2v) is 9.14. The van der Waals surface area contributed by atoms with Crippen LogP contribution in [0, 0.1) is 6.92 Å². The number of nitrogens with zero attached hydrogens (tertiary/aromatic N) is 2. The molecule has 1 N–H and O–H groups in total. The Labute approximate surface area is 208 Å². The number of Topliss-reactive ketones (excluding diaryl/α,β-unsaturated/α-hetero) is 1. The van der Waals surface area contributed by atoms with Crippen molar-refractivity contribution >= 4 is 40.7 Å². The summed E-state index contributed by atoms with van der Waals surface area (Å²) in [6, 6.07) is 9.16. The van der Waals surface area contributed by atoms with E-state index < -0.39 is 17.7 Å². The average molecular weight is 505 g/mol. The van der Waals surface area contributed by atoms with Crippen molar-refractivity contribution in [3.63, 3.8) is 0 Å². The Balaban J connectivity index is 1.78. The molecule has 0 bridgehead atoms. The number of hydrogen-bond acceptors (Lipinski definition) is 6. The molecule has 7 nitrogen and oxygen atoms in total. The molecule has 180 valence electrons. The number of halogens is 2. The van der Waals surface area contributed by atoms with Crippen LogP contribution in [0.2, 0.25) is 10.0 Å². The van der Waals surface area contributed by atoms with Gasteiger partial charge in [0.05, 0.1) is 31.9 Å². The summed E-state index contributed by atoms with van der Waals surface area (Å²) < 4.78 is 10.7. The lowest BCUT2D eigenvalue weighted by Gasteiger charge is -2.31. The zero-order valence-corrected chi connectivity index (χ0v) is 20.5. The summed E-state index contributed by atoms with van der Waals surface area (Å²) in [4.78, 5) is 30.0. The monoisotopic (exact) mass is 504 g/mol. The number of rotatable bonds is 6. The van der Waals surface area contributed by atoms with Crippen molar-refractivity contribution in [2.45, 2.75) is 13.0 Å². The summed E-state index contributed by atoms with van der Waals surface area (Å²) >= 11 is 12.6. The molecule has 4 rings (SSSR count). The predicted octanol–water partition coefficient (Wildman–Crippen LogP) is 4.06. The molecule has 0 radical (unpaired) electrons. The van der Waals surface area contributed by atoms with Gasteiger partial charge in [-0.1, -0.05) is 29.3 Å². The summed E-state index contributed by atoms with van der Waals surface area (Å²) in [5.74, 6) is -1.02. The third-order valence-corrected chi connectivity index (χ3v) is 6.79. The first-order chi connectivity index (χ1) is 16.3. The van der Waals surface area contributed by atoms with E-state index in [0.717, 1.165) is 18.7 Å². The van der Waals surface area contributed by atoms with E-state index in [4.69, 9.17) is 32.7 Å². The van der Waals surface area contributed by atoms with E-state index in [9.17, 15) is 14.7 Å². The highest BCUT2D eigenvalue weighted by molar-refractivity contribution is 6.47. The van der Waals surface area contributed by atoms with Crippen molar-refractivity contribution in [2.24, 2.45) is 0 Å². The lowest BCUT2D eigenvalue weighted by atomic mass is 9.94. The van der Waals surface area contributed by atoms with E-state index in [1.807, 2.05) is 6.92 Å². The van der Waals surface area contributed by atoms with Crippen molar-refractivity contribution in [1.29, 1.82) is 0 Å². The Hall–Kier alpha value is -2.58. The van der Waals surface area contributed by atoms with Crippen LogP contribution >= 0.6 is 23.2 Å². The van der Waals surface area contributed by atoms with Gasteiger partial charge in [0.1, 0.15) is 11.5 Å². The maximum absolute atomic E-state index is 13.2. The SMILES string of the molecule is COc1ccc(/C(O)=C2\C(=O)C(=O)N(CCN3CCOCC3)[C@@H]2c2ccc(Cl)cc2Cl)cc1C. The molecule has 9 heteroatoms. The minimum absolute atomic E-state index is 0.000710. The van der Waals surface area contributed by atoms with Gasteiger partial charge in [-0.05, 0) is 48.4 Å². The van der Waals surface area contributed by atoms with Gasteiger partial charge in [-0.25, -0.2) is 0 Å². The summed E-state index contributed by atoms with van der Waals surface area (Å²) in [6.07, 6.45) is 0. The molecule has 2 aromatic carbocycles. The first-order valence-corrected chi connectivity index (χ1v) is 11.8. The molecule has 0 spiro atoms. The summed E-state index contributed by atoms with van der Waals surface area (Å²) in [5.41, 5.74) is 1.73. The van der Waals surface area contributed by atoms with Crippen LogP contribution in [0.5, 0.6) is 5.75 Å². The predicted molar refractivity (Wildman–Crippen MR) is 130 cm³/mol. The van der Waals surface area contributed by atoms with Gasteiger partial charge in [0.25, 0.3) is 11.7 Å². The van der Waals surface area contributed by atoms with E-state index in [0.29, 0.717) is 53.2 Å². The molecule has 2 fully saturated rings. The topological polar surface area (TPSA) is 79.3 Å². The highest BCUT2D eigenvalue weighted by Gasteiger charge is 2.46. The third kappa shape index (κ3) is 4.79. The fraction of sp³-hybridized carbons (Fsp3) is 0.360. The number of aryl methyl sites for hydroxylation is 1. The van der Waals surface area contributed by atoms with Crippen molar-refractivity contribution < 1.29 is 24.2 Å². The van der Waals surface area contributed by atoms with Crippen LogP contribution < -0.4 is 4.74 Å². The first kappa shape index (κ1) is 24.5. The van der Waals surface area contributed by atoms with E-state index in [2.05, 4.69) is 4.90 Å². The van der Waals surface area contributed by atoms with Crippen molar-refractivity contribution in [3.8, 4) is 5.75 Å². The van der Waals surface area contributed by atoms with E-state index >= 15 is 0 Å². The molecule has 2 aliphatic rings. The number of morpholine rings is 1. The Morgan fingerprint density at radius 2 is 1.85 bits per heavy atom. The van der Waals surface area contributed by atoms with Crippen LogP contribution in [-0.2, 0) is 14.3 Å². The molecule has 2 aromatic rings. The molecule has 2 aliphatic heterocycles. The zero-order valence-electron chi connectivity index (χ0n) is 19.0. The number of carbonyl (C=O) groups excluding carboxylic acids is 2. The van der Waals surface area contributed by atoms with Crippen LogP contribution in [-0.4, -0.2) is 73.1 Å². The number of ketones is 1. The normalized spacial score (nSPS) is 20.7. The largest absolute Gasteiger partial charge is 0.507 e. The average Bonchev–Trinajstić information content (AvgIpc) is 3.07. The van der Waals surface area contributed by atoms with Gasteiger partial charge >= 0.3 is 0 Å². The summed E-state index contributed by atoms with van der Waals surface area (Å²) in [7, 11) is 1.56. The molecule has 0 aliphatic carbocycles.